The van der Waals surface area contributed by atoms with E-state index in [4.69, 9.17) is 11.6 Å². The minimum absolute atomic E-state index is 0.398. The van der Waals surface area contributed by atoms with Crippen LogP contribution in [0.15, 0.2) is 42.7 Å². The number of rotatable bonds is 5. The van der Waals surface area contributed by atoms with Gasteiger partial charge in [-0.2, -0.15) is 5.10 Å². The van der Waals surface area contributed by atoms with Crippen molar-refractivity contribution in [3.8, 4) is 0 Å². The van der Waals surface area contributed by atoms with Gasteiger partial charge in [-0.05, 0) is 37.1 Å². The molecule has 0 spiro atoms. The lowest BCUT2D eigenvalue weighted by molar-refractivity contribution is 0.195. The van der Waals surface area contributed by atoms with Crippen molar-refractivity contribution < 1.29 is 0 Å². The van der Waals surface area contributed by atoms with Crippen LogP contribution in [0, 0.1) is 0 Å². The molecule has 1 atom stereocenters. The molecule has 1 aliphatic rings. The fourth-order valence-corrected chi connectivity index (χ4v) is 3.88. The van der Waals surface area contributed by atoms with Gasteiger partial charge in [0.1, 0.15) is 12.4 Å². The Balaban J connectivity index is 1.46. The van der Waals surface area contributed by atoms with Gasteiger partial charge in [-0.25, -0.2) is 0 Å². The highest BCUT2D eigenvalue weighted by Crippen LogP contribution is 2.28. The third-order valence-electron chi connectivity index (χ3n) is 5.08. The Morgan fingerprint density at radius 3 is 2.85 bits per heavy atom. The molecule has 1 aliphatic heterocycles. The lowest BCUT2D eigenvalue weighted by atomic mass is 9.96. The average Bonchev–Trinajstić information content (AvgIpc) is 3.28. The summed E-state index contributed by atoms with van der Waals surface area (Å²) in [5.41, 5.74) is 1.19. The largest absolute Gasteiger partial charge is 0.316 e. The van der Waals surface area contributed by atoms with Crippen molar-refractivity contribution in [1.29, 1.82) is 0 Å². The average molecular weight is 371 g/mol. The molecule has 1 fully saturated rings. The van der Waals surface area contributed by atoms with Gasteiger partial charge >= 0.3 is 0 Å². The van der Waals surface area contributed by atoms with Gasteiger partial charge in [0.15, 0.2) is 5.82 Å². The van der Waals surface area contributed by atoms with Crippen molar-refractivity contribution in [1.82, 2.24) is 29.4 Å². The molecule has 7 heteroatoms. The normalized spacial score (nSPS) is 18.3. The summed E-state index contributed by atoms with van der Waals surface area (Å²) in [6.45, 7) is 3.61. The maximum atomic E-state index is 6.33. The Labute approximate surface area is 158 Å². The van der Waals surface area contributed by atoms with E-state index in [1.807, 2.05) is 35.1 Å². The Kier molecular flexibility index (Phi) is 5.04. The predicted molar refractivity (Wildman–Crippen MR) is 101 cm³/mol. The van der Waals surface area contributed by atoms with Gasteiger partial charge in [0, 0.05) is 43.5 Å². The van der Waals surface area contributed by atoms with Crippen molar-refractivity contribution >= 4 is 11.6 Å². The lowest BCUT2D eigenvalue weighted by Gasteiger charge is -2.32. The van der Waals surface area contributed by atoms with Crippen LogP contribution in [0.3, 0.4) is 0 Å². The molecule has 26 heavy (non-hydrogen) atoms. The summed E-state index contributed by atoms with van der Waals surface area (Å²) in [6, 6.07) is 10.0. The molecule has 1 unspecified atom stereocenters. The molecule has 0 radical (unpaired) electrons. The zero-order valence-electron chi connectivity index (χ0n) is 14.9. The van der Waals surface area contributed by atoms with Crippen LogP contribution in [0.1, 0.15) is 36.0 Å². The van der Waals surface area contributed by atoms with Gasteiger partial charge in [-0.1, -0.05) is 29.8 Å². The number of nitrogens with zero attached hydrogens (tertiary/aromatic N) is 6. The smallest absolute Gasteiger partial charge is 0.154 e. The second-order valence-corrected chi connectivity index (χ2v) is 7.31. The maximum Gasteiger partial charge on any atom is 0.154 e. The lowest BCUT2D eigenvalue weighted by Crippen LogP contribution is -2.35. The number of halogens is 1. The molecule has 0 N–H and O–H groups in total. The number of benzene rings is 1. The molecule has 2 aromatic heterocycles. The Hall–Kier alpha value is -2.18. The fraction of sp³-hybridized carbons (Fsp3) is 0.421. The van der Waals surface area contributed by atoms with E-state index in [0.29, 0.717) is 12.5 Å². The second-order valence-electron chi connectivity index (χ2n) is 6.90. The molecular weight excluding hydrogens is 348 g/mol. The van der Waals surface area contributed by atoms with E-state index in [0.717, 1.165) is 49.1 Å². The first-order valence-electron chi connectivity index (χ1n) is 9.02. The molecule has 1 saturated heterocycles. The number of aromatic nitrogens is 5. The Morgan fingerprint density at radius 1 is 1.15 bits per heavy atom. The molecule has 6 nitrogen and oxygen atoms in total. The zero-order chi connectivity index (χ0) is 17.9. The van der Waals surface area contributed by atoms with Crippen LogP contribution in [0.5, 0.6) is 0 Å². The van der Waals surface area contributed by atoms with Crippen LogP contribution in [0.4, 0.5) is 0 Å². The summed E-state index contributed by atoms with van der Waals surface area (Å²) in [7, 11) is 2.06. The quantitative estimate of drug-likeness (QED) is 0.692. The van der Waals surface area contributed by atoms with Crippen LogP contribution in [-0.2, 0) is 20.1 Å². The first-order chi connectivity index (χ1) is 12.7. The van der Waals surface area contributed by atoms with Gasteiger partial charge in [0.2, 0.25) is 0 Å². The molecule has 1 aromatic carbocycles. The highest BCUT2D eigenvalue weighted by Gasteiger charge is 2.26. The minimum Gasteiger partial charge on any atom is -0.316 e. The van der Waals surface area contributed by atoms with E-state index in [1.54, 1.807) is 6.20 Å². The van der Waals surface area contributed by atoms with Gasteiger partial charge in [-0.3, -0.25) is 9.58 Å². The summed E-state index contributed by atoms with van der Waals surface area (Å²) in [5.74, 6) is 2.40. The van der Waals surface area contributed by atoms with Crippen molar-refractivity contribution in [3.63, 3.8) is 0 Å². The molecule has 0 amide bonds. The highest BCUT2D eigenvalue weighted by atomic mass is 35.5. The van der Waals surface area contributed by atoms with Crippen molar-refractivity contribution in [2.75, 3.05) is 13.1 Å². The Bertz CT molecular complexity index is 857. The van der Waals surface area contributed by atoms with Crippen molar-refractivity contribution in [2.24, 2.45) is 7.05 Å². The molecule has 136 valence electrons. The molecule has 0 saturated carbocycles. The van der Waals surface area contributed by atoms with Crippen LogP contribution >= 0.6 is 11.6 Å². The third-order valence-corrected chi connectivity index (χ3v) is 5.45. The predicted octanol–water partition coefficient (Wildman–Crippen LogP) is 3.09. The number of hydrogen-bond donors (Lipinski definition) is 0. The number of piperidine rings is 1. The summed E-state index contributed by atoms with van der Waals surface area (Å²) in [6.07, 6.45) is 6.04. The molecule has 0 aliphatic carbocycles. The van der Waals surface area contributed by atoms with Gasteiger partial charge in [-0.15, -0.1) is 10.2 Å². The van der Waals surface area contributed by atoms with E-state index in [-0.39, 0.29) is 0 Å². The van der Waals surface area contributed by atoms with E-state index in [2.05, 4.69) is 37.9 Å². The van der Waals surface area contributed by atoms with E-state index >= 15 is 0 Å². The maximum absolute atomic E-state index is 6.33. The summed E-state index contributed by atoms with van der Waals surface area (Å²) in [4.78, 5) is 2.47. The first kappa shape index (κ1) is 17.2. The van der Waals surface area contributed by atoms with Crippen molar-refractivity contribution in [3.05, 3.63) is 65.0 Å². The minimum atomic E-state index is 0.398. The van der Waals surface area contributed by atoms with Crippen molar-refractivity contribution in [2.45, 2.75) is 31.8 Å². The molecule has 3 aromatic rings. The molecule has 0 bridgehead atoms. The highest BCUT2D eigenvalue weighted by molar-refractivity contribution is 6.31. The van der Waals surface area contributed by atoms with Crippen LogP contribution in [-0.4, -0.2) is 42.5 Å². The monoisotopic (exact) mass is 370 g/mol. The van der Waals surface area contributed by atoms with Gasteiger partial charge in [0.05, 0.1) is 0 Å². The van der Waals surface area contributed by atoms with Crippen LogP contribution < -0.4 is 0 Å². The third kappa shape index (κ3) is 3.66. The van der Waals surface area contributed by atoms with Crippen LogP contribution in [0.2, 0.25) is 5.02 Å². The molecule has 4 rings (SSSR count). The summed E-state index contributed by atoms with van der Waals surface area (Å²) < 4.78 is 4.00. The second kappa shape index (κ2) is 7.60. The van der Waals surface area contributed by atoms with Gasteiger partial charge < -0.3 is 4.57 Å². The Morgan fingerprint density at radius 2 is 2.04 bits per heavy atom. The van der Waals surface area contributed by atoms with E-state index in [1.165, 1.54) is 5.56 Å². The molecule has 3 heterocycles. The van der Waals surface area contributed by atoms with E-state index in [9.17, 15) is 0 Å². The van der Waals surface area contributed by atoms with Crippen LogP contribution in [0.25, 0.3) is 0 Å². The number of likely N-dealkylation sites (tertiary alicyclic amines) is 1. The topological polar surface area (TPSA) is 51.8 Å². The summed E-state index contributed by atoms with van der Waals surface area (Å²) >= 11 is 6.33. The fourth-order valence-electron chi connectivity index (χ4n) is 3.68. The first-order valence-corrected chi connectivity index (χ1v) is 9.40. The standard InChI is InChI=1S/C19H23ClN6/c1-24-18(14-26-11-5-9-21-26)22-23-19(24)16-7-4-10-25(13-16)12-15-6-2-3-8-17(15)20/h2-3,5-6,8-9,11,16H,4,7,10,12-14H2,1H3. The zero-order valence-corrected chi connectivity index (χ0v) is 15.7. The van der Waals surface area contributed by atoms with E-state index < -0.39 is 0 Å². The number of hydrogen-bond acceptors (Lipinski definition) is 4. The van der Waals surface area contributed by atoms with Gasteiger partial charge in [0.25, 0.3) is 0 Å². The summed E-state index contributed by atoms with van der Waals surface area (Å²) in [5, 5.41) is 14.0. The molecular formula is C19H23ClN6. The SMILES string of the molecule is Cn1c(Cn2cccn2)nnc1C1CCCN(Cc2ccccc2Cl)C1.